The summed E-state index contributed by atoms with van der Waals surface area (Å²) in [4.78, 5) is 2.19. The van der Waals surface area contributed by atoms with Crippen LogP contribution in [0.2, 0.25) is 5.15 Å². The number of nitrogens with zero attached hydrogens (tertiary/aromatic N) is 3. The molecule has 0 amide bonds. The van der Waals surface area contributed by atoms with Gasteiger partial charge in [0.2, 0.25) is 0 Å². The second-order valence-corrected chi connectivity index (χ2v) is 5.47. The van der Waals surface area contributed by atoms with E-state index in [9.17, 15) is 4.39 Å². The Kier molecular flexibility index (Phi) is 3.35. The fourth-order valence-electron chi connectivity index (χ4n) is 2.60. The highest BCUT2D eigenvalue weighted by molar-refractivity contribution is 6.29. The number of rotatable bonds is 3. The first-order valence-corrected chi connectivity index (χ1v) is 6.73. The Morgan fingerprint density at radius 3 is 2.78 bits per heavy atom. The van der Waals surface area contributed by atoms with Crippen molar-refractivity contribution >= 4 is 17.4 Å². The average Bonchev–Trinajstić information content (AvgIpc) is 2.77. The quantitative estimate of drug-likeness (QED) is 0.909. The van der Waals surface area contributed by atoms with Gasteiger partial charge in [-0.1, -0.05) is 11.6 Å². The molecule has 6 heteroatoms. The Morgan fingerprint density at radius 1 is 1.28 bits per heavy atom. The van der Waals surface area contributed by atoms with Crippen molar-refractivity contribution in [3.8, 4) is 0 Å². The number of halogens is 2. The normalized spacial score (nSPS) is 31.4. The summed E-state index contributed by atoms with van der Waals surface area (Å²) in [5, 5.41) is 11.8. The van der Waals surface area contributed by atoms with E-state index in [-0.39, 0.29) is 0 Å². The van der Waals surface area contributed by atoms with Crippen molar-refractivity contribution in [3.05, 3.63) is 17.3 Å². The molecule has 0 aromatic carbocycles. The molecule has 2 fully saturated rings. The molecule has 3 rings (SSSR count). The van der Waals surface area contributed by atoms with Crippen molar-refractivity contribution in [1.29, 1.82) is 0 Å². The zero-order valence-electron chi connectivity index (χ0n) is 10.0. The molecule has 2 aliphatic rings. The minimum atomic E-state index is -0.595. The molecular weight excluding hydrogens is 255 g/mol. The van der Waals surface area contributed by atoms with Gasteiger partial charge in [0.1, 0.15) is 6.17 Å². The summed E-state index contributed by atoms with van der Waals surface area (Å²) in [6.45, 7) is 1.86. The van der Waals surface area contributed by atoms with Crippen LogP contribution in [0.1, 0.15) is 19.3 Å². The minimum Gasteiger partial charge on any atom is -0.354 e. The lowest BCUT2D eigenvalue weighted by molar-refractivity contribution is 0.148. The SMILES string of the molecule is FC1CC(NC2CCN(c3ccc(Cl)nn3)C2)C1. The molecule has 0 radical (unpaired) electrons. The van der Waals surface area contributed by atoms with E-state index in [1.807, 2.05) is 6.07 Å². The van der Waals surface area contributed by atoms with Gasteiger partial charge in [-0.2, -0.15) is 0 Å². The van der Waals surface area contributed by atoms with Crippen molar-refractivity contribution in [2.24, 2.45) is 0 Å². The maximum absolute atomic E-state index is 12.7. The van der Waals surface area contributed by atoms with Crippen molar-refractivity contribution in [1.82, 2.24) is 15.5 Å². The predicted octanol–water partition coefficient (Wildman–Crippen LogP) is 1.80. The number of hydrogen-bond acceptors (Lipinski definition) is 4. The Morgan fingerprint density at radius 2 is 2.11 bits per heavy atom. The highest BCUT2D eigenvalue weighted by Gasteiger charge is 2.32. The number of nitrogens with one attached hydrogen (secondary N) is 1. The largest absolute Gasteiger partial charge is 0.354 e. The van der Waals surface area contributed by atoms with Crippen LogP contribution in [0.15, 0.2) is 12.1 Å². The van der Waals surface area contributed by atoms with E-state index in [1.165, 1.54) is 0 Å². The van der Waals surface area contributed by atoms with Gasteiger partial charge in [-0.05, 0) is 31.4 Å². The van der Waals surface area contributed by atoms with Gasteiger partial charge in [-0.3, -0.25) is 0 Å². The van der Waals surface area contributed by atoms with Crippen LogP contribution in [0.3, 0.4) is 0 Å². The molecule has 0 bridgehead atoms. The molecule has 0 spiro atoms. The van der Waals surface area contributed by atoms with E-state index in [1.54, 1.807) is 6.07 Å². The van der Waals surface area contributed by atoms with Crippen molar-refractivity contribution in [2.75, 3.05) is 18.0 Å². The van der Waals surface area contributed by atoms with Gasteiger partial charge in [0, 0.05) is 25.2 Å². The summed E-state index contributed by atoms with van der Waals surface area (Å²) in [6.07, 6.45) is 1.80. The van der Waals surface area contributed by atoms with Crippen LogP contribution in [0.4, 0.5) is 10.2 Å². The van der Waals surface area contributed by atoms with E-state index < -0.39 is 6.17 Å². The number of anilines is 1. The van der Waals surface area contributed by atoms with Crippen LogP contribution in [0, 0.1) is 0 Å². The molecule has 1 aliphatic heterocycles. The van der Waals surface area contributed by atoms with Gasteiger partial charge < -0.3 is 10.2 Å². The smallest absolute Gasteiger partial charge is 0.151 e. The van der Waals surface area contributed by atoms with E-state index in [4.69, 9.17) is 11.6 Å². The molecule has 2 heterocycles. The molecule has 1 saturated carbocycles. The highest BCUT2D eigenvalue weighted by atomic mass is 35.5. The molecule has 1 N–H and O–H groups in total. The summed E-state index contributed by atoms with van der Waals surface area (Å²) in [5.74, 6) is 0.862. The minimum absolute atomic E-state index is 0.362. The first-order valence-electron chi connectivity index (χ1n) is 6.35. The van der Waals surface area contributed by atoms with Gasteiger partial charge in [-0.25, -0.2) is 4.39 Å². The molecule has 1 aromatic rings. The number of aromatic nitrogens is 2. The lowest BCUT2D eigenvalue weighted by Crippen LogP contribution is -2.48. The van der Waals surface area contributed by atoms with Gasteiger partial charge >= 0.3 is 0 Å². The van der Waals surface area contributed by atoms with Gasteiger partial charge in [0.15, 0.2) is 11.0 Å². The van der Waals surface area contributed by atoms with Crippen LogP contribution in [-0.2, 0) is 0 Å². The predicted molar refractivity (Wildman–Crippen MR) is 68.7 cm³/mol. The molecule has 4 nitrogen and oxygen atoms in total. The first kappa shape index (κ1) is 12.1. The maximum atomic E-state index is 12.7. The highest BCUT2D eigenvalue weighted by Crippen LogP contribution is 2.25. The van der Waals surface area contributed by atoms with Crippen LogP contribution < -0.4 is 10.2 Å². The van der Waals surface area contributed by atoms with Crippen LogP contribution in [-0.4, -0.2) is 41.5 Å². The second-order valence-electron chi connectivity index (χ2n) is 5.08. The summed E-state index contributed by atoms with van der Waals surface area (Å²) in [5.41, 5.74) is 0. The fraction of sp³-hybridized carbons (Fsp3) is 0.667. The van der Waals surface area contributed by atoms with Crippen molar-refractivity contribution < 1.29 is 4.39 Å². The van der Waals surface area contributed by atoms with Gasteiger partial charge in [0.25, 0.3) is 0 Å². The average molecular weight is 271 g/mol. The van der Waals surface area contributed by atoms with E-state index in [0.717, 1.165) is 25.3 Å². The third-order valence-corrected chi connectivity index (χ3v) is 3.88. The van der Waals surface area contributed by atoms with Crippen LogP contribution in [0.5, 0.6) is 0 Å². The van der Waals surface area contributed by atoms with Crippen molar-refractivity contribution in [2.45, 2.75) is 37.5 Å². The molecular formula is C12H16ClFN4. The lowest BCUT2D eigenvalue weighted by Gasteiger charge is -2.33. The standard InChI is InChI=1S/C12H16ClFN4/c13-11-1-2-12(17-16-11)18-4-3-9(7-18)15-10-5-8(14)6-10/h1-2,8-10,15H,3-7H2. The topological polar surface area (TPSA) is 41.0 Å². The molecule has 98 valence electrons. The van der Waals surface area contributed by atoms with Crippen LogP contribution in [0.25, 0.3) is 0 Å². The lowest BCUT2D eigenvalue weighted by atomic mass is 9.90. The summed E-state index contributed by atoms with van der Waals surface area (Å²) < 4.78 is 12.7. The number of hydrogen-bond donors (Lipinski definition) is 1. The van der Waals surface area contributed by atoms with E-state index in [2.05, 4.69) is 20.4 Å². The Balaban J connectivity index is 1.53. The van der Waals surface area contributed by atoms with Gasteiger partial charge in [-0.15, -0.1) is 10.2 Å². The summed E-state index contributed by atoms with van der Waals surface area (Å²) in [6, 6.07) is 4.43. The molecule has 1 unspecified atom stereocenters. The maximum Gasteiger partial charge on any atom is 0.151 e. The molecule has 1 saturated heterocycles. The Labute approximate surface area is 111 Å². The van der Waals surface area contributed by atoms with E-state index >= 15 is 0 Å². The Bertz CT molecular complexity index is 407. The third-order valence-electron chi connectivity index (χ3n) is 3.68. The van der Waals surface area contributed by atoms with E-state index in [0.29, 0.717) is 30.1 Å². The Hall–Kier alpha value is -0.940. The summed E-state index contributed by atoms with van der Waals surface area (Å²) in [7, 11) is 0. The molecule has 1 aliphatic carbocycles. The third kappa shape index (κ3) is 2.57. The van der Waals surface area contributed by atoms with Crippen LogP contribution >= 0.6 is 11.6 Å². The number of alkyl halides is 1. The molecule has 18 heavy (non-hydrogen) atoms. The zero-order chi connectivity index (χ0) is 12.5. The van der Waals surface area contributed by atoms with Gasteiger partial charge in [0.05, 0.1) is 0 Å². The van der Waals surface area contributed by atoms with Crippen molar-refractivity contribution in [3.63, 3.8) is 0 Å². The monoisotopic (exact) mass is 270 g/mol. The first-order chi connectivity index (χ1) is 8.70. The summed E-state index contributed by atoms with van der Waals surface area (Å²) >= 11 is 5.72. The fourth-order valence-corrected chi connectivity index (χ4v) is 2.70. The zero-order valence-corrected chi connectivity index (χ0v) is 10.8. The second kappa shape index (κ2) is 4.97. The molecule has 1 aromatic heterocycles. The molecule has 1 atom stereocenters.